The summed E-state index contributed by atoms with van der Waals surface area (Å²) >= 11 is 1.48. The molecule has 0 bridgehead atoms. The third kappa shape index (κ3) is 3.29. The molecular formula is C16H13N3O2S. The zero-order valence-electron chi connectivity index (χ0n) is 11.6. The summed E-state index contributed by atoms with van der Waals surface area (Å²) in [6.07, 6.45) is 1.73. The van der Waals surface area contributed by atoms with E-state index in [1.54, 1.807) is 18.3 Å². The van der Waals surface area contributed by atoms with Crippen LogP contribution < -0.4 is 5.32 Å². The number of nitrogens with zero attached hydrogens (tertiary/aromatic N) is 2. The highest BCUT2D eigenvalue weighted by molar-refractivity contribution is 7.18. The highest BCUT2D eigenvalue weighted by Crippen LogP contribution is 2.31. The Morgan fingerprint density at radius 2 is 1.95 bits per heavy atom. The number of nitrogens with one attached hydrogen (secondary N) is 1. The first-order valence-corrected chi connectivity index (χ1v) is 7.52. The second-order valence-corrected chi connectivity index (χ2v) is 5.71. The fourth-order valence-corrected chi connectivity index (χ4v) is 2.84. The molecule has 1 N–H and O–H groups in total. The van der Waals surface area contributed by atoms with Crippen molar-refractivity contribution in [3.8, 4) is 10.4 Å². The van der Waals surface area contributed by atoms with Crippen molar-refractivity contribution in [3.63, 3.8) is 0 Å². The second kappa shape index (κ2) is 6.36. The van der Waals surface area contributed by atoms with Crippen molar-refractivity contribution in [1.29, 1.82) is 0 Å². The summed E-state index contributed by atoms with van der Waals surface area (Å²) in [5, 5.41) is 14.9. The van der Waals surface area contributed by atoms with Crippen LogP contribution in [0.15, 0.2) is 60.8 Å². The first-order valence-electron chi connectivity index (χ1n) is 6.71. The molecule has 0 amide bonds. The number of anilines is 1. The number of rotatable bonds is 5. The molecule has 0 aliphatic heterocycles. The van der Waals surface area contributed by atoms with Crippen LogP contribution >= 0.6 is 11.3 Å². The summed E-state index contributed by atoms with van der Waals surface area (Å²) in [6, 6.07) is 16.6. The van der Waals surface area contributed by atoms with Crippen LogP contribution in [0.5, 0.6) is 0 Å². The van der Waals surface area contributed by atoms with Crippen LogP contribution in [-0.4, -0.2) is 9.91 Å². The summed E-state index contributed by atoms with van der Waals surface area (Å²) in [4.78, 5) is 15.7. The van der Waals surface area contributed by atoms with Crippen molar-refractivity contribution in [2.24, 2.45) is 0 Å². The van der Waals surface area contributed by atoms with E-state index in [2.05, 4.69) is 10.3 Å². The van der Waals surface area contributed by atoms with Crippen LogP contribution in [0.3, 0.4) is 0 Å². The highest BCUT2D eigenvalue weighted by atomic mass is 32.1. The molecular weight excluding hydrogens is 298 g/mol. The molecule has 0 aliphatic rings. The topological polar surface area (TPSA) is 68.1 Å². The van der Waals surface area contributed by atoms with E-state index in [1.165, 1.54) is 23.0 Å². The number of hydrogen-bond donors (Lipinski definition) is 1. The summed E-state index contributed by atoms with van der Waals surface area (Å²) in [7, 11) is 0. The molecule has 0 saturated heterocycles. The van der Waals surface area contributed by atoms with E-state index in [0.29, 0.717) is 6.54 Å². The zero-order chi connectivity index (χ0) is 15.4. The molecule has 6 heteroatoms. The predicted molar refractivity (Wildman–Crippen MR) is 88.0 cm³/mol. The average Bonchev–Trinajstić information content (AvgIpc) is 3.03. The van der Waals surface area contributed by atoms with Gasteiger partial charge >= 0.3 is 0 Å². The largest absolute Gasteiger partial charge is 0.357 e. The summed E-state index contributed by atoms with van der Waals surface area (Å²) < 4.78 is 0. The monoisotopic (exact) mass is 311 g/mol. The smallest absolute Gasteiger partial charge is 0.270 e. The fraction of sp³-hybridized carbons (Fsp3) is 0.0625. The highest BCUT2D eigenvalue weighted by Gasteiger charge is 2.09. The van der Waals surface area contributed by atoms with Gasteiger partial charge in [-0.3, -0.25) is 10.1 Å². The third-order valence-electron chi connectivity index (χ3n) is 3.13. The Morgan fingerprint density at radius 3 is 2.73 bits per heavy atom. The lowest BCUT2D eigenvalue weighted by atomic mass is 10.2. The second-order valence-electron chi connectivity index (χ2n) is 4.68. The molecule has 110 valence electrons. The summed E-state index contributed by atoms with van der Waals surface area (Å²) in [5.41, 5.74) is 2.07. The molecule has 0 unspecified atom stereocenters. The predicted octanol–water partition coefficient (Wildman–Crippen LogP) is 4.33. The van der Waals surface area contributed by atoms with Gasteiger partial charge in [0, 0.05) is 30.4 Å². The number of non-ortho nitro benzene ring substituents is 1. The van der Waals surface area contributed by atoms with E-state index < -0.39 is 0 Å². The fourth-order valence-electron chi connectivity index (χ4n) is 2.04. The van der Waals surface area contributed by atoms with Crippen LogP contribution in [0.4, 0.5) is 10.8 Å². The first kappa shape index (κ1) is 14.2. The van der Waals surface area contributed by atoms with E-state index in [-0.39, 0.29) is 10.6 Å². The van der Waals surface area contributed by atoms with Gasteiger partial charge in [-0.2, -0.15) is 0 Å². The normalized spacial score (nSPS) is 10.4. The molecule has 0 radical (unpaired) electrons. The Hall–Kier alpha value is -2.73. The molecule has 1 heterocycles. The molecule has 5 nitrogen and oxygen atoms in total. The molecule has 0 saturated carbocycles. The lowest BCUT2D eigenvalue weighted by molar-refractivity contribution is -0.384. The number of nitro groups is 1. The van der Waals surface area contributed by atoms with E-state index >= 15 is 0 Å². The van der Waals surface area contributed by atoms with Crippen molar-refractivity contribution in [2.75, 3.05) is 5.32 Å². The van der Waals surface area contributed by atoms with Gasteiger partial charge in [-0.05, 0) is 5.56 Å². The Morgan fingerprint density at radius 1 is 1.14 bits per heavy atom. The van der Waals surface area contributed by atoms with Crippen LogP contribution in [0.1, 0.15) is 5.56 Å². The van der Waals surface area contributed by atoms with Gasteiger partial charge in [0.05, 0.1) is 9.80 Å². The molecule has 0 atom stereocenters. The summed E-state index contributed by atoms with van der Waals surface area (Å²) in [5.74, 6) is 0. The Labute approximate surface area is 131 Å². The lowest BCUT2D eigenvalue weighted by Crippen LogP contribution is -1.97. The number of nitro benzene ring substituents is 1. The molecule has 2 aromatic carbocycles. The number of thiazole rings is 1. The van der Waals surface area contributed by atoms with Gasteiger partial charge in [0.2, 0.25) is 0 Å². The molecule has 3 rings (SSSR count). The molecule has 3 aromatic rings. The quantitative estimate of drug-likeness (QED) is 0.562. The maximum atomic E-state index is 10.8. The SMILES string of the molecule is O=[N+]([O-])c1cccc(-c2cnc(NCc3ccccc3)s2)c1. The molecule has 0 fully saturated rings. The number of aromatic nitrogens is 1. The van der Waals surface area contributed by atoms with Gasteiger partial charge in [-0.25, -0.2) is 4.98 Å². The van der Waals surface area contributed by atoms with E-state index in [9.17, 15) is 10.1 Å². The Kier molecular flexibility index (Phi) is 4.11. The number of benzene rings is 2. The van der Waals surface area contributed by atoms with Crippen LogP contribution in [0.25, 0.3) is 10.4 Å². The van der Waals surface area contributed by atoms with Crippen molar-refractivity contribution < 1.29 is 4.92 Å². The van der Waals surface area contributed by atoms with E-state index in [1.807, 2.05) is 36.4 Å². The van der Waals surface area contributed by atoms with Gasteiger partial charge in [-0.1, -0.05) is 53.8 Å². The van der Waals surface area contributed by atoms with Gasteiger partial charge in [-0.15, -0.1) is 0 Å². The van der Waals surface area contributed by atoms with Gasteiger partial charge < -0.3 is 5.32 Å². The first-order chi connectivity index (χ1) is 10.7. The Bertz CT molecular complexity index is 787. The maximum absolute atomic E-state index is 10.8. The van der Waals surface area contributed by atoms with E-state index in [0.717, 1.165) is 15.6 Å². The van der Waals surface area contributed by atoms with Crippen LogP contribution in [-0.2, 0) is 6.54 Å². The molecule has 1 aromatic heterocycles. The number of hydrogen-bond acceptors (Lipinski definition) is 5. The average molecular weight is 311 g/mol. The van der Waals surface area contributed by atoms with Crippen molar-refractivity contribution >= 4 is 22.2 Å². The zero-order valence-corrected chi connectivity index (χ0v) is 12.4. The van der Waals surface area contributed by atoms with Gasteiger partial charge in [0.25, 0.3) is 5.69 Å². The van der Waals surface area contributed by atoms with Crippen molar-refractivity contribution in [1.82, 2.24) is 4.98 Å². The maximum Gasteiger partial charge on any atom is 0.270 e. The Balaban J connectivity index is 1.73. The minimum absolute atomic E-state index is 0.0877. The summed E-state index contributed by atoms with van der Waals surface area (Å²) in [6.45, 7) is 0.697. The lowest BCUT2D eigenvalue weighted by Gasteiger charge is -2.01. The van der Waals surface area contributed by atoms with Crippen molar-refractivity contribution in [3.05, 3.63) is 76.5 Å². The molecule has 0 aliphatic carbocycles. The van der Waals surface area contributed by atoms with Gasteiger partial charge in [0.15, 0.2) is 5.13 Å². The standard InChI is InChI=1S/C16H13N3O2S/c20-19(21)14-8-4-7-13(9-14)15-11-18-16(22-15)17-10-12-5-2-1-3-6-12/h1-9,11H,10H2,(H,17,18). The van der Waals surface area contributed by atoms with Crippen LogP contribution in [0.2, 0.25) is 0 Å². The van der Waals surface area contributed by atoms with E-state index in [4.69, 9.17) is 0 Å². The van der Waals surface area contributed by atoms with Crippen LogP contribution in [0, 0.1) is 10.1 Å². The molecule has 0 spiro atoms. The van der Waals surface area contributed by atoms with Gasteiger partial charge in [0.1, 0.15) is 0 Å². The third-order valence-corrected chi connectivity index (χ3v) is 4.14. The van der Waals surface area contributed by atoms with Crippen molar-refractivity contribution in [2.45, 2.75) is 6.54 Å². The minimum Gasteiger partial charge on any atom is -0.357 e. The minimum atomic E-state index is -0.390. The molecule has 22 heavy (non-hydrogen) atoms.